The van der Waals surface area contributed by atoms with E-state index in [1.807, 2.05) is 4.90 Å². The highest BCUT2D eigenvalue weighted by Gasteiger charge is 2.27. The van der Waals surface area contributed by atoms with Crippen molar-refractivity contribution in [3.63, 3.8) is 0 Å². The molecule has 0 saturated carbocycles. The van der Waals surface area contributed by atoms with E-state index in [4.69, 9.17) is 0 Å². The molecular formula is C17H17FN4O4. The molecule has 2 aromatic carbocycles. The zero-order valence-electron chi connectivity index (χ0n) is 13.8. The minimum atomic E-state index is -0.651. The molecule has 0 unspecified atom stereocenters. The molecule has 1 fully saturated rings. The van der Waals surface area contributed by atoms with Gasteiger partial charge in [-0.1, -0.05) is 12.1 Å². The molecule has 0 aromatic heterocycles. The summed E-state index contributed by atoms with van der Waals surface area (Å²) >= 11 is 0. The van der Waals surface area contributed by atoms with E-state index in [0.29, 0.717) is 37.3 Å². The molecular weight excluding hydrogens is 343 g/mol. The van der Waals surface area contributed by atoms with Gasteiger partial charge in [-0.25, -0.2) is 4.39 Å². The van der Waals surface area contributed by atoms with Gasteiger partial charge in [0.1, 0.15) is 11.5 Å². The van der Waals surface area contributed by atoms with Crippen molar-refractivity contribution in [2.45, 2.75) is 18.9 Å². The second-order valence-corrected chi connectivity index (χ2v) is 6.07. The number of hydrogen-bond donors (Lipinski definition) is 1. The van der Waals surface area contributed by atoms with Crippen molar-refractivity contribution in [3.05, 3.63) is 68.5 Å². The molecule has 0 atom stereocenters. The maximum atomic E-state index is 13.7. The van der Waals surface area contributed by atoms with Crippen LogP contribution in [0.1, 0.15) is 12.8 Å². The number of hydrogen-bond acceptors (Lipinski definition) is 6. The molecule has 3 rings (SSSR count). The van der Waals surface area contributed by atoms with Crippen LogP contribution in [0.15, 0.2) is 42.5 Å². The zero-order chi connectivity index (χ0) is 18.7. The quantitative estimate of drug-likeness (QED) is 0.644. The predicted molar refractivity (Wildman–Crippen MR) is 95.0 cm³/mol. The Labute approximate surface area is 148 Å². The van der Waals surface area contributed by atoms with Crippen LogP contribution in [-0.4, -0.2) is 29.0 Å². The molecule has 9 heteroatoms. The fourth-order valence-electron chi connectivity index (χ4n) is 3.10. The number of para-hydroxylation sites is 1. The lowest BCUT2D eigenvalue weighted by Crippen LogP contribution is -2.39. The summed E-state index contributed by atoms with van der Waals surface area (Å²) in [5.74, 6) is -0.319. The number of piperidine rings is 1. The van der Waals surface area contributed by atoms with Crippen LogP contribution >= 0.6 is 0 Å². The molecule has 0 bridgehead atoms. The lowest BCUT2D eigenvalue weighted by atomic mass is 10.0. The van der Waals surface area contributed by atoms with Crippen LogP contribution in [0.3, 0.4) is 0 Å². The van der Waals surface area contributed by atoms with Gasteiger partial charge >= 0.3 is 0 Å². The van der Waals surface area contributed by atoms with E-state index < -0.39 is 9.85 Å². The number of halogens is 1. The lowest BCUT2D eigenvalue weighted by molar-refractivity contribution is -0.393. The molecule has 1 saturated heterocycles. The standard InChI is InChI=1S/C17H17FN4O4/c18-14-3-1-2-4-15(14)19-12-7-9-20(10-8-12)16-6-5-13(21(23)24)11-17(16)22(25)26/h1-6,11-12,19H,7-10H2. The lowest BCUT2D eigenvalue weighted by Gasteiger charge is -2.34. The van der Waals surface area contributed by atoms with Crippen LogP contribution in [0.25, 0.3) is 0 Å². The van der Waals surface area contributed by atoms with Gasteiger partial charge in [0.25, 0.3) is 11.4 Å². The average molecular weight is 360 g/mol. The average Bonchev–Trinajstić information content (AvgIpc) is 2.63. The highest BCUT2D eigenvalue weighted by Crippen LogP contribution is 2.34. The number of anilines is 2. The Morgan fingerprint density at radius 3 is 2.35 bits per heavy atom. The highest BCUT2D eigenvalue weighted by molar-refractivity contribution is 5.67. The Hall–Kier alpha value is -3.23. The van der Waals surface area contributed by atoms with Crippen molar-refractivity contribution >= 4 is 22.7 Å². The van der Waals surface area contributed by atoms with E-state index in [-0.39, 0.29) is 23.2 Å². The third-order valence-corrected chi connectivity index (χ3v) is 4.44. The summed E-state index contributed by atoms with van der Waals surface area (Å²) in [5.41, 5.74) is 0.216. The van der Waals surface area contributed by atoms with Gasteiger partial charge in [-0.05, 0) is 31.0 Å². The first-order chi connectivity index (χ1) is 12.5. The number of rotatable bonds is 5. The number of nitro benzene ring substituents is 2. The van der Waals surface area contributed by atoms with E-state index in [1.165, 1.54) is 18.2 Å². The van der Waals surface area contributed by atoms with Crippen LogP contribution in [0.5, 0.6) is 0 Å². The van der Waals surface area contributed by atoms with Gasteiger partial charge < -0.3 is 10.2 Å². The molecule has 8 nitrogen and oxygen atoms in total. The van der Waals surface area contributed by atoms with E-state index in [2.05, 4.69) is 5.32 Å². The number of non-ortho nitro benzene ring substituents is 1. The third-order valence-electron chi connectivity index (χ3n) is 4.44. The number of benzene rings is 2. The molecule has 136 valence electrons. The summed E-state index contributed by atoms with van der Waals surface area (Å²) in [7, 11) is 0. The van der Waals surface area contributed by atoms with Gasteiger partial charge in [0.15, 0.2) is 0 Å². The second-order valence-electron chi connectivity index (χ2n) is 6.07. The zero-order valence-corrected chi connectivity index (χ0v) is 13.8. The fraction of sp³-hybridized carbons (Fsp3) is 0.294. The van der Waals surface area contributed by atoms with Crippen LogP contribution < -0.4 is 10.2 Å². The second kappa shape index (κ2) is 7.34. The van der Waals surface area contributed by atoms with Crippen molar-refractivity contribution in [2.75, 3.05) is 23.3 Å². The summed E-state index contributed by atoms with van der Waals surface area (Å²) in [6.45, 7) is 1.07. The maximum absolute atomic E-state index is 13.7. The van der Waals surface area contributed by atoms with Crippen molar-refractivity contribution in [2.24, 2.45) is 0 Å². The van der Waals surface area contributed by atoms with E-state index in [1.54, 1.807) is 18.2 Å². The highest BCUT2D eigenvalue weighted by atomic mass is 19.1. The van der Waals surface area contributed by atoms with Gasteiger partial charge in [0.2, 0.25) is 0 Å². The molecule has 0 amide bonds. The van der Waals surface area contributed by atoms with E-state index in [9.17, 15) is 24.6 Å². The number of nitro groups is 2. The topological polar surface area (TPSA) is 102 Å². The van der Waals surface area contributed by atoms with Crippen LogP contribution in [0.4, 0.5) is 27.1 Å². The molecule has 1 heterocycles. The third kappa shape index (κ3) is 3.71. The fourth-order valence-corrected chi connectivity index (χ4v) is 3.10. The molecule has 1 N–H and O–H groups in total. The van der Waals surface area contributed by atoms with E-state index >= 15 is 0 Å². The van der Waals surface area contributed by atoms with Crippen LogP contribution in [0, 0.1) is 26.0 Å². The van der Waals surface area contributed by atoms with Crippen molar-refractivity contribution < 1.29 is 14.2 Å². The minimum absolute atomic E-state index is 0.0558. The molecule has 2 aromatic rings. The van der Waals surface area contributed by atoms with Crippen molar-refractivity contribution in [1.29, 1.82) is 0 Å². The number of nitrogens with zero attached hydrogens (tertiary/aromatic N) is 3. The predicted octanol–water partition coefficient (Wildman–Crippen LogP) is 3.72. The summed E-state index contributed by atoms with van der Waals surface area (Å²) < 4.78 is 13.7. The summed E-state index contributed by atoms with van der Waals surface area (Å²) in [6.07, 6.45) is 1.34. The SMILES string of the molecule is O=[N+]([O-])c1ccc(N2CCC(Nc3ccccc3F)CC2)c([N+](=O)[O-])c1. The summed E-state index contributed by atoms with van der Waals surface area (Å²) in [5, 5.41) is 25.3. The van der Waals surface area contributed by atoms with Gasteiger partial charge in [-0.15, -0.1) is 0 Å². The molecule has 1 aliphatic rings. The van der Waals surface area contributed by atoms with Crippen LogP contribution in [-0.2, 0) is 0 Å². The first-order valence-electron chi connectivity index (χ1n) is 8.14. The smallest absolute Gasteiger partial charge is 0.299 e. The first-order valence-corrected chi connectivity index (χ1v) is 8.14. The number of nitrogens with one attached hydrogen (secondary N) is 1. The Kier molecular flexibility index (Phi) is 4.97. The molecule has 26 heavy (non-hydrogen) atoms. The summed E-state index contributed by atoms with van der Waals surface area (Å²) in [4.78, 5) is 22.7. The Morgan fingerprint density at radius 2 is 1.73 bits per heavy atom. The largest absolute Gasteiger partial charge is 0.380 e. The molecule has 0 spiro atoms. The normalized spacial score (nSPS) is 14.9. The first kappa shape index (κ1) is 17.6. The van der Waals surface area contributed by atoms with Crippen molar-refractivity contribution in [1.82, 2.24) is 0 Å². The van der Waals surface area contributed by atoms with Gasteiger partial charge in [0, 0.05) is 25.2 Å². The van der Waals surface area contributed by atoms with Crippen molar-refractivity contribution in [3.8, 4) is 0 Å². The van der Waals surface area contributed by atoms with E-state index in [0.717, 1.165) is 6.07 Å². The minimum Gasteiger partial charge on any atom is -0.380 e. The Bertz CT molecular complexity index is 837. The molecule has 0 radical (unpaired) electrons. The Balaban J connectivity index is 1.71. The van der Waals surface area contributed by atoms with Gasteiger partial charge in [0.05, 0.1) is 21.6 Å². The monoisotopic (exact) mass is 360 g/mol. The van der Waals surface area contributed by atoms with Gasteiger partial charge in [-0.2, -0.15) is 0 Å². The maximum Gasteiger partial charge on any atom is 0.299 e. The molecule has 0 aliphatic carbocycles. The molecule has 1 aliphatic heterocycles. The summed E-state index contributed by atoms with van der Waals surface area (Å²) in [6, 6.07) is 10.2. The van der Waals surface area contributed by atoms with Gasteiger partial charge in [-0.3, -0.25) is 20.2 Å². The van der Waals surface area contributed by atoms with Crippen LogP contribution in [0.2, 0.25) is 0 Å². The Morgan fingerprint density at radius 1 is 1.04 bits per heavy atom.